The molecule has 2 heterocycles. The highest BCUT2D eigenvalue weighted by Crippen LogP contribution is 2.40. The van der Waals surface area contributed by atoms with Gasteiger partial charge in [-0.25, -0.2) is 0 Å². The number of likely N-dealkylation sites (tertiary alicyclic amines) is 1. The molecule has 2 aliphatic rings. The second kappa shape index (κ2) is 13.9. The Bertz CT molecular complexity index is 1440. The van der Waals surface area contributed by atoms with E-state index in [-0.39, 0.29) is 11.3 Å². The van der Waals surface area contributed by atoms with Crippen LogP contribution in [0.2, 0.25) is 0 Å². The van der Waals surface area contributed by atoms with E-state index in [1.165, 1.54) is 0 Å². The summed E-state index contributed by atoms with van der Waals surface area (Å²) in [7, 11) is 0. The monoisotopic (exact) mass is 584 g/mol. The molecule has 8 nitrogen and oxygen atoms in total. The molecular formula is C35H40N2O6. The van der Waals surface area contributed by atoms with E-state index in [0.717, 1.165) is 29.8 Å². The molecule has 3 aromatic rings. The van der Waals surface area contributed by atoms with Gasteiger partial charge in [-0.15, -0.1) is 0 Å². The van der Waals surface area contributed by atoms with Crippen LogP contribution in [0.1, 0.15) is 42.1 Å². The summed E-state index contributed by atoms with van der Waals surface area (Å²) in [6.07, 6.45) is 0. The molecular weight excluding hydrogens is 544 g/mol. The lowest BCUT2D eigenvalue weighted by molar-refractivity contribution is -0.140. The highest BCUT2D eigenvalue weighted by atomic mass is 16.5. The van der Waals surface area contributed by atoms with Crippen LogP contribution in [-0.4, -0.2) is 72.6 Å². The van der Waals surface area contributed by atoms with Crippen molar-refractivity contribution in [1.82, 2.24) is 9.80 Å². The van der Waals surface area contributed by atoms with Crippen molar-refractivity contribution in [1.29, 1.82) is 0 Å². The summed E-state index contributed by atoms with van der Waals surface area (Å²) in [5.41, 5.74) is 3.12. The Morgan fingerprint density at radius 3 is 2.30 bits per heavy atom. The van der Waals surface area contributed by atoms with Gasteiger partial charge >= 0.3 is 0 Å². The fraction of sp³-hybridized carbons (Fsp3) is 0.371. The van der Waals surface area contributed by atoms with Gasteiger partial charge in [0, 0.05) is 31.7 Å². The molecule has 0 radical (unpaired) electrons. The third kappa shape index (κ3) is 7.27. The van der Waals surface area contributed by atoms with E-state index in [0.29, 0.717) is 62.5 Å². The second-order valence-corrected chi connectivity index (χ2v) is 11.5. The van der Waals surface area contributed by atoms with Crippen LogP contribution in [0.15, 0.2) is 78.4 Å². The van der Waals surface area contributed by atoms with Crippen molar-refractivity contribution in [2.24, 2.45) is 5.92 Å². The van der Waals surface area contributed by atoms with Crippen molar-refractivity contribution in [3.8, 4) is 11.5 Å². The third-order valence-electron chi connectivity index (χ3n) is 7.78. The summed E-state index contributed by atoms with van der Waals surface area (Å²) in [6.45, 7) is 10.8. The number of hydrogen-bond acceptors (Lipinski definition) is 7. The lowest BCUT2D eigenvalue weighted by Crippen LogP contribution is -2.42. The fourth-order valence-electron chi connectivity index (χ4n) is 5.42. The number of Topliss-reactive ketones (excluding diaryl/α,β-unsaturated/α-hetero) is 1. The van der Waals surface area contributed by atoms with Crippen molar-refractivity contribution in [3.05, 3.63) is 101 Å². The first-order chi connectivity index (χ1) is 20.8. The molecule has 8 heteroatoms. The van der Waals surface area contributed by atoms with E-state index in [4.69, 9.17) is 14.2 Å². The Hall–Kier alpha value is -4.14. The molecule has 1 amide bonds. The minimum Gasteiger partial charge on any atom is -0.507 e. The van der Waals surface area contributed by atoms with Crippen molar-refractivity contribution >= 4 is 17.4 Å². The molecule has 0 aromatic heterocycles. The first-order valence-electron chi connectivity index (χ1n) is 14.9. The summed E-state index contributed by atoms with van der Waals surface area (Å²) in [5.74, 6) is 0.251. The Labute approximate surface area is 253 Å². The van der Waals surface area contributed by atoms with E-state index in [9.17, 15) is 14.7 Å². The molecule has 1 atom stereocenters. The molecule has 2 fully saturated rings. The maximum atomic E-state index is 13.6. The number of aliphatic hydroxyl groups excluding tert-OH is 1. The molecule has 2 aliphatic heterocycles. The van der Waals surface area contributed by atoms with Gasteiger partial charge in [0.2, 0.25) is 0 Å². The van der Waals surface area contributed by atoms with Crippen LogP contribution < -0.4 is 9.47 Å². The van der Waals surface area contributed by atoms with E-state index in [1.54, 1.807) is 17.0 Å². The van der Waals surface area contributed by atoms with Gasteiger partial charge in [-0.05, 0) is 59.9 Å². The molecule has 3 aromatic carbocycles. The predicted octanol–water partition coefficient (Wildman–Crippen LogP) is 5.36. The van der Waals surface area contributed by atoms with Crippen LogP contribution >= 0.6 is 0 Å². The smallest absolute Gasteiger partial charge is 0.295 e. The number of rotatable bonds is 11. The maximum absolute atomic E-state index is 13.6. The summed E-state index contributed by atoms with van der Waals surface area (Å²) in [4.78, 5) is 30.8. The minimum atomic E-state index is -0.736. The molecule has 0 bridgehead atoms. The number of ether oxygens (including phenoxy) is 3. The van der Waals surface area contributed by atoms with E-state index in [2.05, 4.69) is 18.7 Å². The number of carbonyl (C=O) groups excluding carboxylic acids is 2. The molecule has 226 valence electrons. The van der Waals surface area contributed by atoms with Gasteiger partial charge in [-0.2, -0.15) is 0 Å². The lowest BCUT2D eigenvalue weighted by Gasteiger charge is -2.31. The molecule has 0 aliphatic carbocycles. The number of benzene rings is 3. The Morgan fingerprint density at radius 1 is 0.930 bits per heavy atom. The van der Waals surface area contributed by atoms with Crippen LogP contribution in [0.4, 0.5) is 0 Å². The highest BCUT2D eigenvalue weighted by Gasteiger charge is 2.46. The normalized spacial score (nSPS) is 18.8. The van der Waals surface area contributed by atoms with Gasteiger partial charge in [-0.1, -0.05) is 56.3 Å². The van der Waals surface area contributed by atoms with E-state index < -0.39 is 17.7 Å². The average molecular weight is 585 g/mol. The number of aryl methyl sites for hydroxylation is 1. The fourth-order valence-corrected chi connectivity index (χ4v) is 5.42. The zero-order chi connectivity index (χ0) is 30.3. The van der Waals surface area contributed by atoms with Crippen molar-refractivity contribution in [3.63, 3.8) is 0 Å². The van der Waals surface area contributed by atoms with Crippen LogP contribution in [-0.2, 0) is 20.9 Å². The Kier molecular flexibility index (Phi) is 9.79. The summed E-state index contributed by atoms with van der Waals surface area (Å²) in [5, 5.41) is 11.6. The lowest BCUT2D eigenvalue weighted by atomic mass is 9.94. The highest BCUT2D eigenvalue weighted by molar-refractivity contribution is 6.46. The Morgan fingerprint density at radius 2 is 1.63 bits per heavy atom. The second-order valence-electron chi connectivity index (χ2n) is 11.5. The van der Waals surface area contributed by atoms with E-state index in [1.807, 2.05) is 67.6 Å². The van der Waals surface area contributed by atoms with Gasteiger partial charge in [0.25, 0.3) is 11.7 Å². The quantitative estimate of drug-likeness (QED) is 0.184. The molecule has 2 saturated heterocycles. The summed E-state index contributed by atoms with van der Waals surface area (Å²) in [6, 6.07) is 22.0. The summed E-state index contributed by atoms with van der Waals surface area (Å²) >= 11 is 0. The van der Waals surface area contributed by atoms with Crippen LogP contribution in [0.3, 0.4) is 0 Å². The van der Waals surface area contributed by atoms with Crippen molar-refractivity contribution in [2.45, 2.75) is 33.4 Å². The minimum absolute atomic E-state index is 0.0869. The molecule has 5 rings (SSSR count). The topological polar surface area (TPSA) is 88.5 Å². The molecule has 1 N–H and O–H groups in total. The van der Waals surface area contributed by atoms with Gasteiger partial charge in [0.15, 0.2) is 0 Å². The van der Waals surface area contributed by atoms with Crippen LogP contribution in [0, 0.1) is 12.8 Å². The number of hydrogen-bond donors (Lipinski definition) is 1. The average Bonchev–Trinajstić information content (AvgIpc) is 3.28. The zero-order valence-electron chi connectivity index (χ0n) is 25.1. The Balaban J connectivity index is 1.45. The van der Waals surface area contributed by atoms with Gasteiger partial charge in [0.05, 0.1) is 31.4 Å². The predicted molar refractivity (Wildman–Crippen MR) is 165 cm³/mol. The number of aliphatic hydroxyl groups is 1. The molecule has 1 unspecified atom stereocenters. The third-order valence-corrected chi connectivity index (χ3v) is 7.78. The number of morpholine rings is 1. The molecule has 0 spiro atoms. The molecule has 0 saturated carbocycles. The largest absolute Gasteiger partial charge is 0.507 e. The zero-order valence-corrected chi connectivity index (χ0v) is 25.1. The van der Waals surface area contributed by atoms with Crippen LogP contribution in [0.5, 0.6) is 11.5 Å². The van der Waals surface area contributed by atoms with Crippen molar-refractivity contribution in [2.75, 3.05) is 46.0 Å². The van der Waals surface area contributed by atoms with Gasteiger partial charge in [0.1, 0.15) is 23.9 Å². The van der Waals surface area contributed by atoms with E-state index >= 15 is 0 Å². The van der Waals surface area contributed by atoms with Gasteiger partial charge in [-0.3, -0.25) is 14.5 Å². The first kappa shape index (κ1) is 30.3. The number of nitrogens with zero attached hydrogens (tertiary/aromatic N) is 2. The first-order valence-corrected chi connectivity index (χ1v) is 14.9. The number of carbonyl (C=O) groups is 2. The standard InChI is InChI=1S/C35H40N2O6/c1-24(2)22-42-29-13-14-30(25(3)21-29)33(38)31-32(37(35(40)34(31)39)16-15-36-17-19-41-20-18-36)27-9-11-28(12-10-27)43-23-26-7-5-4-6-8-26/h4-14,21,24,32,38H,15-20,22-23H2,1-3H3/b33-31+. The maximum Gasteiger partial charge on any atom is 0.295 e. The SMILES string of the molecule is Cc1cc(OCC(C)C)ccc1/C(O)=C1\C(=O)C(=O)N(CCN2CCOCC2)C1c1ccc(OCc2ccccc2)cc1. The van der Waals surface area contributed by atoms with Crippen molar-refractivity contribution < 1.29 is 28.9 Å². The van der Waals surface area contributed by atoms with Gasteiger partial charge < -0.3 is 24.2 Å². The number of amides is 1. The summed E-state index contributed by atoms with van der Waals surface area (Å²) < 4.78 is 17.3. The number of ketones is 1. The molecule has 43 heavy (non-hydrogen) atoms. The van der Waals surface area contributed by atoms with Crippen LogP contribution in [0.25, 0.3) is 5.76 Å².